The molecule has 0 unspecified atom stereocenters. The van der Waals surface area contributed by atoms with Crippen LogP contribution in [0.15, 0.2) is 0 Å². The van der Waals surface area contributed by atoms with Crippen molar-refractivity contribution >= 4 is 6.41 Å². The monoisotopic (exact) mass is 214 g/mol. The molecule has 1 rings (SSSR count). The molecule has 1 heterocycles. The highest BCUT2D eigenvalue weighted by atomic mass is 16.3. The zero-order chi connectivity index (χ0) is 10.9. The van der Waals surface area contributed by atoms with Crippen LogP contribution in [0.5, 0.6) is 0 Å². The van der Waals surface area contributed by atoms with Gasteiger partial charge in [-0.05, 0) is 44.7 Å². The van der Waals surface area contributed by atoms with Crippen molar-refractivity contribution in [2.75, 3.05) is 32.8 Å². The number of aliphatic hydroxyl groups excluding tert-OH is 1. The number of aliphatic hydroxyl groups is 1. The van der Waals surface area contributed by atoms with Gasteiger partial charge in [-0.3, -0.25) is 4.79 Å². The summed E-state index contributed by atoms with van der Waals surface area (Å²) < 4.78 is 0. The van der Waals surface area contributed by atoms with Crippen LogP contribution in [0, 0.1) is 5.92 Å². The van der Waals surface area contributed by atoms with Gasteiger partial charge in [0.25, 0.3) is 0 Å². The average molecular weight is 214 g/mol. The fraction of sp³-hybridized carbons (Fsp3) is 0.909. The highest BCUT2D eigenvalue weighted by molar-refractivity contribution is 5.45. The Balaban J connectivity index is 2.04. The second kappa shape index (κ2) is 7.65. The number of piperidine rings is 1. The van der Waals surface area contributed by atoms with E-state index in [0.717, 1.165) is 51.3 Å². The number of rotatable bonds is 7. The van der Waals surface area contributed by atoms with E-state index in [9.17, 15) is 4.79 Å². The van der Waals surface area contributed by atoms with E-state index in [0.29, 0.717) is 6.61 Å². The molecule has 4 heteroatoms. The lowest BCUT2D eigenvalue weighted by Crippen LogP contribution is -2.35. The molecule has 0 atom stereocenters. The summed E-state index contributed by atoms with van der Waals surface area (Å²) in [6.07, 6.45) is 5.22. The highest BCUT2D eigenvalue weighted by Gasteiger charge is 2.17. The number of likely N-dealkylation sites (tertiary alicyclic amines) is 1. The average Bonchev–Trinajstić information content (AvgIpc) is 2.28. The normalized spacial score (nSPS) is 19.0. The van der Waals surface area contributed by atoms with Crippen molar-refractivity contribution in [2.45, 2.75) is 25.7 Å². The van der Waals surface area contributed by atoms with Gasteiger partial charge in [0.2, 0.25) is 6.41 Å². The van der Waals surface area contributed by atoms with Crippen LogP contribution >= 0.6 is 0 Å². The molecule has 0 spiro atoms. The molecule has 1 fully saturated rings. The quantitative estimate of drug-likeness (QED) is 0.471. The molecule has 88 valence electrons. The van der Waals surface area contributed by atoms with Gasteiger partial charge < -0.3 is 15.3 Å². The first-order valence-corrected chi connectivity index (χ1v) is 5.87. The van der Waals surface area contributed by atoms with E-state index in [4.69, 9.17) is 5.11 Å². The molecule has 15 heavy (non-hydrogen) atoms. The summed E-state index contributed by atoms with van der Waals surface area (Å²) in [5.41, 5.74) is 0. The van der Waals surface area contributed by atoms with Crippen LogP contribution in [0.3, 0.4) is 0 Å². The Morgan fingerprint density at radius 2 is 2.13 bits per heavy atom. The molecule has 1 saturated heterocycles. The molecule has 1 aliphatic rings. The van der Waals surface area contributed by atoms with Gasteiger partial charge in [-0.2, -0.15) is 0 Å². The van der Waals surface area contributed by atoms with E-state index >= 15 is 0 Å². The van der Waals surface area contributed by atoms with Crippen LogP contribution in [-0.2, 0) is 4.79 Å². The van der Waals surface area contributed by atoms with Crippen LogP contribution in [0.25, 0.3) is 0 Å². The number of amides is 1. The first kappa shape index (κ1) is 12.5. The molecule has 0 aromatic heterocycles. The summed E-state index contributed by atoms with van der Waals surface area (Å²) in [5, 5.41) is 11.4. The minimum atomic E-state index is 0.295. The Morgan fingerprint density at radius 1 is 1.40 bits per heavy atom. The third kappa shape index (κ3) is 5.14. The molecule has 2 N–H and O–H groups in total. The van der Waals surface area contributed by atoms with Crippen molar-refractivity contribution < 1.29 is 9.90 Å². The largest absolute Gasteiger partial charge is 0.396 e. The lowest BCUT2D eigenvalue weighted by atomic mass is 9.93. The second-order valence-electron chi connectivity index (χ2n) is 4.22. The first-order valence-electron chi connectivity index (χ1n) is 5.87. The van der Waals surface area contributed by atoms with Crippen molar-refractivity contribution in [3.8, 4) is 0 Å². The Hall–Kier alpha value is -0.610. The molecule has 1 aliphatic heterocycles. The van der Waals surface area contributed by atoms with Crippen LogP contribution in [0.1, 0.15) is 25.7 Å². The maximum Gasteiger partial charge on any atom is 0.207 e. The number of carbonyl (C=O) groups is 1. The Labute approximate surface area is 91.6 Å². The SMILES string of the molecule is O=CNCCC1CCN(CCCO)CC1. The molecule has 1 amide bonds. The van der Waals surface area contributed by atoms with E-state index in [2.05, 4.69) is 10.2 Å². The van der Waals surface area contributed by atoms with Crippen LogP contribution in [0.4, 0.5) is 0 Å². The topological polar surface area (TPSA) is 52.6 Å². The summed E-state index contributed by atoms with van der Waals surface area (Å²) in [4.78, 5) is 12.5. The minimum Gasteiger partial charge on any atom is -0.396 e. The van der Waals surface area contributed by atoms with E-state index < -0.39 is 0 Å². The van der Waals surface area contributed by atoms with Gasteiger partial charge in [-0.1, -0.05) is 0 Å². The van der Waals surface area contributed by atoms with Crippen molar-refractivity contribution in [2.24, 2.45) is 5.92 Å². The van der Waals surface area contributed by atoms with Crippen molar-refractivity contribution in [3.63, 3.8) is 0 Å². The standard InChI is InChI=1S/C11H22N2O2/c14-9-1-6-13-7-3-11(4-8-13)2-5-12-10-15/h10-11,14H,1-9H2,(H,12,15). The van der Waals surface area contributed by atoms with Gasteiger partial charge in [0.1, 0.15) is 0 Å². The molecule has 4 nitrogen and oxygen atoms in total. The Kier molecular flexibility index (Phi) is 6.36. The number of hydrogen-bond acceptors (Lipinski definition) is 3. The lowest BCUT2D eigenvalue weighted by Gasteiger charge is -2.31. The maximum absolute atomic E-state index is 10.1. The number of hydrogen-bond donors (Lipinski definition) is 2. The lowest BCUT2D eigenvalue weighted by molar-refractivity contribution is -0.109. The molecule has 0 aromatic carbocycles. The molecule has 0 saturated carbocycles. The first-order chi connectivity index (χ1) is 7.36. The fourth-order valence-electron chi connectivity index (χ4n) is 2.14. The molecule has 0 bridgehead atoms. The third-order valence-electron chi connectivity index (χ3n) is 3.12. The number of carbonyl (C=O) groups excluding carboxylic acids is 1. The highest BCUT2D eigenvalue weighted by Crippen LogP contribution is 2.19. The smallest absolute Gasteiger partial charge is 0.207 e. The zero-order valence-corrected chi connectivity index (χ0v) is 9.32. The van der Waals surface area contributed by atoms with Gasteiger partial charge in [-0.15, -0.1) is 0 Å². The van der Waals surface area contributed by atoms with Gasteiger partial charge in [-0.25, -0.2) is 0 Å². The maximum atomic E-state index is 10.1. The molecule has 0 aliphatic carbocycles. The molecular formula is C11H22N2O2. The van der Waals surface area contributed by atoms with E-state index in [1.807, 2.05) is 0 Å². The van der Waals surface area contributed by atoms with Gasteiger partial charge in [0.15, 0.2) is 0 Å². The van der Waals surface area contributed by atoms with Crippen molar-refractivity contribution in [1.82, 2.24) is 10.2 Å². The number of nitrogens with one attached hydrogen (secondary N) is 1. The fourth-order valence-corrected chi connectivity index (χ4v) is 2.14. The van der Waals surface area contributed by atoms with Gasteiger partial charge in [0.05, 0.1) is 0 Å². The summed E-state index contributed by atoms with van der Waals surface area (Å²) in [6.45, 7) is 4.42. The number of nitrogens with zero attached hydrogens (tertiary/aromatic N) is 1. The van der Waals surface area contributed by atoms with E-state index in [1.165, 1.54) is 12.8 Å². The van der Waals surface area contributed by atoms with Gasteiger partial charge >= 0.3 is 0 Å². The molecular weight excluding hydrogens is 192 g/mol. The van der Waals surface area contributed by atoms with E-state index in [1.54, 1.807) is 0 Å². The zero-order valence-electron chi connectivity index (χ0n) is 9.32. The van der Waals surface area contributed by atoms with Gasteiger partial charge in [0, 0.05) is 19.7 Å². The summed E-state index contributed by atoms with van der Waals surface area (Å²) >= 11 is 0. The minimum absolute atomic E-state index is 0.295. The van der Waals surface area contributed by atoms with Crippen LogP contribution in [-0.4, -0.2) is 49.2 Å². The van der Waals surface area contributed by atoms with Crippen LogP contribution < -0.4 is 5.32 Å². The molecule has 0 radical (unpaired) electrons. The summed E-state index contributed by atoms with van der Waals surface area (Å²) in [6, 6.07) is 0. The third-order valence-corrected chi connectivity index (χ3v) is 3.12. The second-order valence-corrected chi connectivity index (χ2v) is 4.22. The predicted octanol–water partition coefficient (Wildman–Crippen LogP) is 0.217. The van der Waals surface area contributed by atoms with Crippen molar-refractivity contribution in [1.29, 1.82) is 0 Å². The van der Waals surface area contributed by atoms with Crippen LogP contribution in [0.2, 0.25) is 0 Å². The van der Waals surface area contributed by atoms with E-state index in [-0.39, 0.29) is 0 Å². The summed E-state index contributed by atoms with van der Waals surface area (Å²) in [5.74, 6) is 0.767. The molecule has 0 aromatic rings. The summed E-state index contributed by atoms with van der Waals surface area (Å²) in [7, 11) is 0. The van der Waals surface area contributed by atoms with Crippen molar-refractivity contribution in [3.05, 3.63) is 0 Å². The predicted molar refractivity (Wildman–Crippen MR) is 59.6 cm³/mol. The Bertz CT molecular complexity index is 168. The Morgan fingerprint density at radius 3 is 2.73 bits per heavy atom.